The Kier molecular flexibility index (Phi) is 4.70. The summed E-state index contributed by atoms with van der Waals surface area (Å²) in [4.78, 5) is 21.2. The molecule has 1 heterocycles. The minimum atomic E-state index is -1.16. The zero-order valence-corrected chi connectivity index (χ0v) is 12.5. The Hall–Kier alpha value is -2.21. The third-order valence-corrected chi connectivity index (χ3v) is 3.20. The second kappa shape index (κ2) is 6.49. The number of nitrogens with one attached hydrogen (secondary N) is 2. The zero-order valence-electron chi connectivity index (χ0n) is 12.5. The number of aliphatic carboxylic acids is 1. The highest BCUT2D eigenvalue weighted by Gasteiger charge is 2.11. The van der Waals surface area contributed by atoms with Crippen LogP contribution in [0.25, 0.3) is 10.9 Å². The van der Waals surface area contributed by atoms with E-state index in [-0.39, 0.29) is 0 Å². The summed E-state index contributed by atoms with van der Waals surface area (Å²) >= 11 is 0. The van der Waals surface area contributed by atoms with Gasteiger partial charge in [0, 0.05) is 5.39 Å². The van der Waals surface area contributed by atoms with Crippen LogP contribution in [0.4, 0.5) is 5.82 Å². The van der Waals surface area contributed by atoms with Gasteiger partial charge < -0.3 is 20.1 Å². The van der Waals surface area contributed by atoms with E-state index in [2.05, 4.69) is 29.4 Å². The van der Waals surface area contributed by atoms with Gasteiger partial charge in [-0.2, -0.15) is 0 Å². The topological polar surface area (TPSA) is 82.4 Å². The van der Waals surface area contributed by atoms with Crippen molar-refractivity contribution < 1.29 is 14.8 Å². The third kappa shape index (κ3) is 3.88. The van der Waals surface area contributed by atoms with Crippen molar-refractivity contribution in [3.8, 4) is 0 Å². The SMILES string of the molecule is C[C@H](Nc1nc(CC[NH+](C)C)nc2ccccc12)C(=O)[O-]. The second-order valence-electron chi connectivity index (χ2n) is 5.40. The molecule has 0 spiro atoms. The molecule has 1 aromatic carbocycles. The molecule has 0 amide bonds. The average molecular weight is 288 g/mol. The highest BCUT2D eigenvalue weighted by molar-refractivity contribution is 5.90. The van der Waals surface area contributed by atoms with Gasteiger partial charge in [-0.3, -0.25) is 0 Å². The molecule has 6 heteroatoms. The van der Waals surface area contributed by atoms with Crippen LogP contribution >= 0.6 is 0 Å². The Morgan fingerprint density at radius 2 is 2.05 bits per heavy atom. The molecule has 0 aliphatic carbocycles. The summed E-state index contributed by atoms with van der Waals surface area (Å²) in [6, 6.07) is 6.75. The van der Waals surface area contributed by atoms with Gasteiger partial charge in [-0.1, -0.05) is 12.1 Å². The monoisotopic (exact) mass is 288 g/mol. The summed E-state index contributed by atoms with van der Waals surface area (Å²) in [6.07, 6.45) is 0.738. The van der Waals surface area contributed by atoms with Gasteiger partial charge in [-0.05, 0) is 19.1 Å². The second-order valence-corrected chi connectivity index (χ2v) is 5.40. The molecule has 0 bridgehead atoms. The van der Waals surface area contributed by atoms with Crippen molar-refractivity contribution in [1.29, 1.82) is 0 Å². The van der Waals surface area contributed by atoms with Crippen LogP contribution in [0.2, 0.25) is 0 Å². The molecule has 0 saturated carbocycles. The molecule has 1 atom stereocenters. The smallest absolute Gasteiger partial charge is 0.138 e. The molecule has 2 N–H and O–H groups in total. The van der Waals surface area contributed by atoms with Gasteiger partial charge in [0.2, 0.25) is 0 Å². The number of anilines is 1. The molecule has 0 unspecified atom stereocenters. The Labute approximate surface area is 123 Å². The van der Waals surface area contributed by atoms with Gasteiger partial charge in [0.15, 0.2) is 0 Å². The molecule has 6 nitrogen and oxygen atoms in total. The molecule has 0 aliphatic rings. The Morgan fingerprint density at radius 1 is 1.33 bits per heavy atom. The van der Waals surface area contributed by atoms with E-state index in [4.69, 9.17) is 0 Å². The van der Waals surface area contributed by atoms with Crippen LogP contribution in [0.1, 0.15) is 12.7 Å². The quantitative estimate of drug-likeness (QED) is 0.703. The molecule has 21 heavy (non-hydrogen) atoms. The van der Waals surface area contributed by atoms with Crippen LogP contribution < -0.4 is 15.3 Å². The summed E-state index contributed by atoms with van der Waals surface area (Å²) < 4.78 is 0. The number of quaternary nitrogens is 1. The summed E-state index contributed by atoms with van der Waals surface area (Å²) in [5.74, 6) is 0.0981. The summed E-state index contributed by atoms with van der Waals surface area (Å²) in [5.41, 5.74) is 0.810. The Balaban J connectivity index is 2.37. The van der Waals surface area contributed by atoms with Crippen molar-refractivity contribution in [2.24, 2.45) is 0 Å². The molecule has 112 valence electrons. The van der Waals surface area contributed by atoms with Crippen molar-refractivity contribution in [1.82, 2.24) is 9.97 Å². The van der Waals surface area contributed by atoms with Crippen molar-refractivity contribution >= 4 is 22.7 Å². The molecular formula is C15H20N4O2. The number of aromatic nitrogens is 2. The van der Waals surface area contributed by atoms with Crippen LogP contribution in [0.15, 0.2) is 24.3 Å². The lowest BCUT2D eigenvalue weighted by atomic mass is 10.2. The van der Waals surface area contributed by atoms with E-state index in [0.717, 1.165) is 23.9 Å². The van der Waals surface area contributed by atoms with E-state index < -0.39 is 12.0 Å². The number of para-hydroxylation sites is 1. The van der Waals surface area contributed by atoms with Crippen LogP contribution in [-0.4, -0.2) is 42.6 Å². The fraction of sp³-hybridized carbons (Fsp3) is 0.400. The predicted molar refractivity (Wildman–Crippen MR) is 79.0 cm³/mol. The van der Waals surface area contributed by atoms with Crippen LogP contribution in [0.5, 0.6) is 0 Å². The number of benzene rings is 1. The Bertz CT molecular complexity index is 643. The first-order valence-electron chi connectivity index (χ1n) is 6.99. The van der Waals surface area contributed by atoms with Crippen LogP contribution in [0, 0.1) is 0 Å². The van der Waals surface area contributed by atoms with E-state index >= 15 is 0 Å². The fourth-order valence-electron chi connectivity index (χ4n) is 1.97. The van der Waals surface area contributed by atoms with Gasteiger partial charge in [0.25, 0.3) is 0 Å². The molecule has 2 rings (SSSR count). The number of carbonyl (C=O) groups is 1. The zero-order chi connectivity index (χ0) is 15.4. The molecule has 1 aromatic heterocycles. The minimum absolute atomic E-state index is 0.543. The third-order valence-electron chi connectivity index (χ3n) is 3.20. The van der Waals surface area contributed by atoms with Crippen LogP contribution in [-0.2, 0) is 11.2 Å². The average Bonchev–Trinajstić information content (AvgIpc) is 2.45. The fourth-order valence-corrected chi connectivity index (χ4v) is 1.97. The number of likely N-dealkylation sites (N-methyl/N-ethyl adjacent to an activating group) is 1. The van der Waals surface area contributed by atoms with E-state index in [0.29, 0.717) is 11.6 Å². The normalized spacial score (nSPS) is 12.6. The van der Waals surface area contributed by atoms with E-state index in [1.165, 1.54) is 11.8 Å². The number of carbonyl (C=O) groups excluding carboxylic acids is 1. The van der Waals surface area contributed by atoms with Crippen molar-refractivity contribution in [3.63, 3.8) is 0 Å². The highest BCUT2D eigenvalue weighted by Crippen LogP contribution is 2.20. The largest absolute Gasteiger partial charge is 0.548 e. The van der Waals surface area contributed by atoms with Gasteiger partial charge in [0.1, 0.15) is 11.6 Å². The summed E-state index contributed by atoms with van der Waals surface area (Å²) in [7, 11) is 4.14. The maximum Gasteiger partial charge on any atom is 0.138 e. The maximum atomic E-state index is 10.9. The van der Waals surface area contributed by atoms with Crippen molar-refractivity contribution in [2.45, 2.75) is 19.4 Å². The van der Waals surface area contributed by atoms with E-state index in [1.54, 1.807) is 0 Å². The van der Waals surface area contributed by atoms with Crippen molar-refractivity contribution in [2.75, 3.05) is 26.0 Å². The molecular weight excluding hydrogens is 268 g/mol. The first-order chi connectivity index (χ1) is 9.97. The summed E-state index contributed by atoms with van der Waals surface area (Å²) in [6.45, 7) is 2.45. The van der Waals surface area contributed by atoms with Crippen molar-refractivity contribution in [3.05, 3.63) is 30.1 Å². The number of hydrogen-bond acceptors (Lipinski definition) is 5. The molecule has 2 aromatic rings. The number of rotatable bonds is 6. The van der Waals surface area contributed by atoms with Gasteiger partial charge in [-0.25, -0.2) is 9.97 Å². The standard InChI is InChI=1S/C15H20N4O2/c1-10(15(20)21)16-14-11-6-4-5-7-12(11)17-13(18-14)8-9-19(2)3/h4-7,10H,8-9H2,1-3H3,(H,20,21)(H,16,17,18)/t10-/m0/s1. The number of nitrogens with zero attached hydrogens (tertiary/aromatic N) is 2. The molecule has 0 radical (unpaired) electrons. The van der Waals surface area contributed by atoms with E-state index in [9.17, 15) is 9.90 Å². The lowest BCUT2D eigenvalue weighted by Crippen LogP contribution is -3.06. The number of carboxylic acid groups (broad SMARTS) is 1. The number of carboxylic acids is 1. The van der Waals surface area contributed by atoms with E-state index in [1.807, 2.05) is 24.3 Å². The maximum absolute atomic E-state index is 10.9. The predicted octanol–water partition coefficient (Wildman–Crippen LogP) is -1.13. The minimum Gasteiger partial charge on any atom is -0.548 e. The van der Waals surface area contributed by atoms with Gasteiger partial charge >= 0.3 is 0 Å². The summed E-state index contributed by atoms with van der Waals surface area (Å²) in [5, 5.41) is 14.6. The number of hydrogen-bond donors (Lipinski definition) is 2. The first kappa shape index (κ1) is 15.2. The van der Waals surface area contributed by atoms with Crippen LogP contribution in [0.3, 0.4) is 0 Å². The lowest BCUT2D eigenvalue weighted by Gasteiger charge is -2.17. The molecule has 0 aliphatic heterocycles. The number of fused-ring (bicyclic) bond motifs is 1. The van der Waals surface area contributed by atoms with Gasteiger partial charge in [-0.15, -0.1) is 0 Å². The molecule has 0 fully saturated rings. The van der Waals surface area contributed by atoms with Gasteiger partial charge in [0.05, 0.1) is 44.6 Å². The lowest BCUT2D eigenvalue weighted by molar-refractivity contribution is -0.858. The Morgan fingerprint density at radius 3 is 2.71 bits per heavy atom. The molecule has 0 saturated heterocycles. The first-order valence-corrected chi connectivity index (χ1v) is 6.99. The highest BCUT2D eigenvalue weighted by atomic mass is 16.4.